The molecule has 3 aromatic rings. The van der Waals surface area contributed by atoms with Crippen molar-refractivity contribution in [1.29, 1.82) is 0 Å². The lowest BCUT2D eigenvalue weighted by atomic mass is 10.1. The molecule has 0 saturated carbocycles. The van der Waals surface area contributed by atoms with Crippen LogP contribution in [0.25, 0.3) is 22.4 Å². The Balaban J connectivity index is 2.20. The molecule has 0 radical (unpaired) electrons. The SMILES string of the molecule is CCOC(=O)c1nc2cc(-c3nc(CCO)c[nH]3)c([N+](=O)[O-])cc2nc1OCC. The largest absolute Gasteiger partial charge is 0.476 e. The first-order valence-electron chi connectivity index (χ1n) is 8.94. The lowest BCUT2D eigenvalue weighted by Gasteiger charge is -2.10. The maximum Gasteiger partial charge on any atom is 0.362 e. The van der Waals surface area contributed by atoms with Crippen molar-refractivity contribution in [3.63, 3.8) is 0 Å². The number of H-pyrrole nitrogens is 1. The maximum atomic E-state index is 12.2. The summed E-state index contributed by atoms with van der Waals surface area (Å²) in [6, 6.07) is 2.68. The number of benzene rings is 1. The molecule has 2 heterocycles. The zero-order chi connectivity index (χ0) is 21.0. The van der Waals surface area contributed by atoms with Gasteiger partial charge in [0.15, 0.2) is 0 Å². The van der Waals surface area contributed by atoms with Crippen molar-refractivity contribution in [3.05, 3.63) is 39.8 Å². The molecule has 0 aliphatic heterocycles. The minimum absolute atomic E-state index is 0.0521. The Hall–Kier alpha value is -3.60. The van der Waals surface area contributed by atoms with Crippen LogP contribution in [0.3, 0.4) is 0 Å². The number of aromatic amines is 1. The molecule has 0 spiro atoms. The van der Waals surface area contributed by atoms with Gasteiger partial charge in [-0.25, -0.2) is 19.7 Å². The molecule has 0 saturated heterocycles. The van der Waals surface area contributed by atoms with E-state index < -0.39 is 10.9 Å². The number of carbonyl (C=O) groups is 1. The molecule has 2 N–H and O–H groups in total. The van der Waals surface area contributed by atoms with Gasteiger partial charge in [0.25, 0.3) is 5.69 Å². The molecule has 0 bridgehead atoms. The zero-order valence-electron chi connectivity index (χ0n) is 15.8. The Kier molecular flexibility index (Phi) is 5.98. The number of nitrogens with zero attached hydrogens (tertiary/aromatic N) is 4. The third kappa shape index (κ3) is 4.14. The predicted molar refractivity (Wildman–Crippen MR) is 102 cm³/mol. The van der Waals surface area contributed by atoms with Crippen molar-refractivity contribution < 1.29 is 24.3 Å². The number of aliphatic hydroxyl groups is 1. The molecule has 11 nitrogen and oxygen atoms in total. The molecule has 0 aliphatic carbocycles. The highest BCUT2D eigenvalue weighted by Gasteiger charge is 2.24. The fraction of sp³-hybridized carbons (Fsp3) is 0.333. The number of nitro groups is 1. The third-order valence-electron chi connectivity index (χ3n) is 3.95. The number of ether oxygens (including phenoxy) is 2. The lowest BCUT2D eigenvalue weighted by Crippen LogP contribution is -2.12. The number of rotatable bonds is 8. The highest BCUT2D eigenvalue weighted by Crippen LogP contribution is 2.32. The van der Waals surface area contributed by atoms with Crippen LogP contribution >= 0.6 is 0 Å². The minimum Gasteiger partial charge on any atom is -0.476 e. The molecule has 152 valence electrons. The van der Waals surface area contributed by atoms with Gasteiger partial charge in [0.05, 0.1) is 40.4 Å². The van der Waals surface area contributed by atoms with E-state index in [1.54, 1.807) is 20.0 Å². The van der Waals surface area contributed by atoms with Gasteiger partial charge in [-0.2, -0.15) is 0 Å². The summed E-state index contributed by atoms with van der Waals surface area (Å²) in [5, 5.41) is 20.7. The average Bonchev–Trinajstić information content (AvgIpc) is 3.15. The first-order valence-corrected chi connectivity index (χ1v) is 8.94. The highest BCUT2D eigenvalue weighted by molar-refractivity contribution is 5.94. The standard InChI is InChI=1S/C18H19N5O6/c1-3-28-17-15(18(25)29-4-2)21-12-7-11(14(23(26)27)8-13(12)22-17)16-19-9-10(20-16)5-6-24/h7-9,24H,3-6H2,1-2H3,(H,19,20). The smallest absolute Gasteiger partial charge is 0.362 e. The number of hydrogen-bond donors (Lipinski definition) is 2. The number of aliphatic hydroxyl groups excluding tert-OH is 1. The van der Waals surface area contributed by atoms with E-state index in [0.717, 1.165) is 0 Å². The molecular formula is C18H19N5O6. The van der Waals surface area contributed by atoms with Crippen molar-refractivity contribution in [2.45, 2.75) is 20.3 Å². The number of nitrogens with one attached hydrogen (secondary N) is 1. The van der Waals surface area contributed by atoms with E-state index in [2.05, 4.69) is 19.9 Å². The van der Waals surface area contributed by atoms with Gasteiger partial charge in [-0.3, -0.25) is 10.1 Å². The fourth-order valence-electron chi connectivity index (χ4n) is 2.73. The quantitative estimate of drug-likeness (QED) is 0.328. The maximum absolute atomic E-state index is 12.2. The van der Waals surface area contributed by atoms with Crippen molar-refractivity contribution in [2.24, 2.45) is 0 Å². The normalized spacial score (nSPS) is 10.9. The van der Waals surface area contributed by atoms with Crippen LogP contribution in [0, 0.1) is 10.1 Å². The van der Waals surface area contributed by atoms with Crippen LogP contribution in [0.15, 0.2) is 18.3 Å². The number of imidazole rings is 1. The van der Waals surface area contributed by atoms with Crippen molar-refractivity contribution >= 4 is 22.7 Å². The molecule has 0 atom stereocenters. The van der Waals surface area contributed by atoms with Gasteiger partial charge in [-0.1, -0.05) is 0 Å². The summed E-state index contributed by atoms with van der Waals surface area (Å²) in [7, 11) is 0. The molecule has 3 rings (SSSR count). The molecule has 11 heteroatoms. The summed E-state index contributed by atoms with van der Waals surface area (Å²) in [4.78, 5) is 38.9. The second-order valence-electron chi connectivity index (χ2n) is 5.86. The van der Waals surface area contributed by atoms with E-state index in [4.69, 9.17) is 14.6 Å². The Labute approximate surface area is 164 Å². The average molecular weight is 401 g/mol. The van der Waals surface area contributed by atoms with Crippen LogP contribution in [0.1, 0.15) is 30.0 Å². The van der Waals surface area contributed by atoms with Gasteiger partial charge < -0.3 is 19.6 Å². The second-order valence-corrected chi connectivity index (χ2v) is 5.86. The summed E-state index contributed by atoms with van der Waals surface area (Å²) in [6.07, 6.45) is 1.87. The van der Waals surface area contributed by atoms with Crippen molar-refractivity contribution in [1.82, 2.24) is 19.9 Å². The number of fused-ring (bicyclic) bond motifs is 1. The first kappa shape index (κ1) is 20.1. The Bertz CT molecular complexity index is 1060. The van der Waals surface area contributed by atoms with Gasteiger partial charge in [0, 0.05) is 25.3 Å². The topological polar surface area (TPSA) is 153 Å². The number of carbonyl (C=O) groups excluding carboxylic acids is 1. The summed E-state index contributed by atoms with van der Waals surface area (Å²) >= 11 is 0. The van der Waals surface area contributed by atoms with Gasteiger partial charge in [0.2, 0.25) is 11.6 Å². The fourth-order valence-corrected chi connectivity index (χ4v) is 2.73. The van der Waals surface area contributed by atoms with Gasteiger partial charge in [0.1, 0.15) is 5.82 Å². The third-order valence-corrected chi connectivity index (χ3v) is 3.95. The van der Waals surface area contributed by atoms with Crippen LogP contribution < -0.4 is 4.74 Å². The van der Waals surface area contributed by atoms with E-state index >= 15 is 0 Å². The van der Waals surface area contributed by atoms with Gasteiger partial charge in [-0.05, 0) is 19.9 Å². The molecule has 1 aromatic carbocycles. The number of esters is 1. The monoisotopic (exact) mass is 401 g/mol. The van der Waals surface area contributed by atoms with E-state index in [0.29, 0.717) is 12.1 Å². The lowest BCUT2D eigenvalue weighted by molar-refractivity contribution is -0.384. The first-order chi connectivity index (χ1) is 14.0. The van der Waals surface area contributed by atoms with E-state index in [1.165, 1.54) is 12.1 Å². The highest BCUT2D eigenvalue weighted by atomic mass is 16.6. The minimum atomic E-state index is -0.700. The molecule has 29 heavy (non-hydrogen) atoms. The summed E-state index contributed by atoms with van der Waals surface area (Å²) < 4.78 is 10.4. The van der Waals surface area contributed by atoms with Crippen LogP contribution in [0.4, 0.5) is 5.69 Å². The van der Waals surface area contributed by atoms with E-state index in [9.17, 15) is 14.9 Å². The van der Waals surface area contributed by atoms with Crippen LogP contribution in [-0.4, -0.2) is 55.8 Å². The Morgan fingerprint density at radius 1 is 1.21 bits per heavy atom. The Morgan fingerprint density at radius 3 is 2.62 bits per heavy atom. The van der Waals surface area contributed by atoms with Crippen molar-refractivity contribution in [2.75, 3.05) is 19.8 Å². The van der Waals surface area contributed by atoms with Crippen LogP contribution in [0.2, 0.25) is 0 Å². The molecular weight excluding hydrogens is 382 g/mol. The summed E-state index contributed by atoms with van der Waals surface area (Å²) in [5.41, 5.74) is 0.836. The molecule has 0 aliphatic rings. The van der Waals surface area contributed by atoms with Crippen LogP contribution in [-0.2, 0) is 11.2 Å². The number of aromatic nitrogens is 4. The van der Waals surface area contributed by atoms with Crippen molar-refractivity contribution in [3.8, 4) is 17.3 Å². The predicted octanol–water partition coefficient (Wildman–Crippen LogP) is 2.04. The molecule has 0 fully saturated rings. The molecule has 2 aromatic heterocycles. The molecule has 0 unspecified atom stereocenters. The van der Waals surface area contributed by atoms with E-state index in [-0.39, 0.29) is 59.5 Å². The number of hydrogen-bond acceptors (Lipinski definition) is 9. The van der Waals surface area contributed by atoms with Gasteiger partial charge in [-0.15, -0.1) is 0 Å². The van der Waals surface area contributed by atoms with E-state index in [1.807, 2.05) is 0 Å². The molecule has 0 amide bonds. The van der Waals surface area contributed by atoms with Crippen LogP contribution in [0.5, 0.6) is 5.88 Å². The zero-order valence-corrected chi connectivity index (χ0v) is 15.8. The summed E-state index contributed by atoms with van der Waals surface area (Å²) in [5.74, 6) is -0.507. The Morgan fingerprint density at radius 2 is 1.97 bits per heavy atom. The number of nitro benzene ring substituents is 1. The second kappa shape index (κ2) is 8.61. The summed E-state index contributed by atoms with van der Waals surface area (Å²) in [6.45, 7) is 3.66. The van der Waals surface area contributed by atoms with Gasteiger partial charge >= 0.3 is 5.97 Å².